The van der Waals surface area contributed by atoms with Crippen LogP contribution in [0.5, 0.6) is 0 Å². The van der Waals surface area contributed by atoms with Crippen molar-refractivity contribution in [3.05, 3.63) is 52.0 Å². The fourth-order valence-electron chi connectivity index (χ4n) is 2.53. The van der Waals surface area contributed by atoms with Crippen molar-refractivity contribution in [2.24, 2.45) is 0 Å². The number of likely N-dealkylation sites (N-methyl/N-ethyl adjacent to an activating group) is 1. The molecule has 0 saturated heterocycles. The molecule has 0 atom stereocenters. The summed E-state index contributed by atoms with van der Waals surface area (Å²) < 4.78 is 44.3. The molecule has 1 heterocycles. The average molecular weight is 486 g/mol. The Morgan fingerprint density at radius 1 is 1.19 bits per heavy atom. The monoisotopic (exact) mass is 485 g/mol. The lowest BCUT2D eigenvalue weighted by molar-refractivity contribution is -0.138. The minimum Gasteiger partial charge on any atom is -0.452 e. The average Bonchev–Trinajstić information content (AvgIpc) is 3.27. The van der Waals surface area contributed by atoms with Gasteiger partial charge in [-0.3, -0.25) is 9.59 Å². The first-order valence-corrected chi connectivity index (χ1v) is 11.8. The van der Waals surface area contributed by atoms with E-state index in [2.05, 4.69) is 5.32 Å². The van der Waals surface area contributed by atoms with Gasteiger partial charge in [-0.1, -0.05) is 6.07 Å². The van der Waals surface area contributed by atoms with E-state index < -0.39 is 39.9 Å². The largest absolute Gasteiger partial charge is 0.452 e. The maximum atomic E-state index is 14.1. The highest BCUT2D eigenvalue weighted by Gasteiger charge is 2.23. The zero-order valence-electron chi connectivity index (χ0n) is 17.8. The van der Waals surface area contributed by atoms with Gasteiger partial charge in [0.2, 0.25) is 15.9 Å². The van der Waals surface area contributed by atoms with Crippen molar-refractivity contribution in [3.8, 4) is 0 Å². The molecule has 32 heavy (non-hydrogen) atoms. The first-order chi connectivity index (χ1) is 15.1. The number of nitrogens with one attached hydrogen (secondary N) is 1. The van der Waals surface area contributed by atoms with Crippen molar-refractivity contribution in [2.45, 2.75) is 18.4 Å². The van der Waals surface area contributed by atoms with Crippen LogP contribution in [0.2, 0.25) is 0 Å². The zero-order valence-corrected chi connectivity index (χ0v) is 19.5. The second-order valence-corrected chi connectivity index (χ2v) is 9.95. The number of carbonyl (C=O) groups excluding carboxylic acids is 3. The molecule has 0 radical (unpaired) electrons. The van der Waals surface area contributed by atoms with Gasteiger partial charge in [0.15, 0.2) is 6.61 Å². The number of thiophene rings is 1. The summed E-state index contributed by atoms with van der Waals surface area (Å²) in [7, 11) is -1.30. The summed E-state index contributed by atoms with van der Waals surface area (Å²) in [6.07, 6.45) is 0. The molecular formula is C20H24FN3O6S2. The zero-order chi connectivity index (χ0) is 23.9. The van der Waals surface area contributed by atoms with Gasteiger partial charge in [0.05, 0.1) is 23.5 Å². The summed E-state index contributed by atoms with van der Waals surface area (Å²) in [5.74, 6) is -3.21. The van der Waals surface area contributed by atoms with Crippen LogP contribution in [0.4, 0.5) is 4.39 Å². The quantitative estimate of drug-likeness (QED) is 0.510. The first kappa shape index (κ1) is 25.4. The van der Waals surface area contributed by atoms with Crippen LogP contribution in [-0.4, -0.2) is 69.2 Å². The third kappa shape index (κ3) is 6.58. The molecule has 0 aliphatic rings. The molecule has 0 spiro atoms. The van der Waals surface area contributed by atoms with E-state index in [-0.39, 0.29) is 23.9 Å². The summed E-state index contributed by atoms with van der Waals surface area (Å²) in [4.78, 5) is 38.6. The van der Waals surface area contributed by atoms with E-state index in [9.17, 15) is 27.2 Å². The van der Waals surface area contributed by atoms with Gasteiger partial charge < -0.3 is 15.0 Å². The highest BCUT2D eigenvalue weighted by Crippen LogP contribution is 2.18. The molecule has 1 N–H and O–H groups in total. The Labute approximate surface area is 189 Å². The number of benzene rings is 1. The highest BCUT2D eigenvalue weighted by atomic mass is 32.2. The van der Waals surface area contributed by atoms with Crippen molar-refractivity contribution >= 4 is 39.1 Å². The lowest BCUT2D eigenvalue weighted by atomic mass is 10.2. The molecule has 0 unspecified atom stereocenters. The predicted molar refractivity (Wildman–Crippen MR) is 116 cm³/mol. The van der Waals surface area contributed by atoms with Gasteiger partial charge in [0, 0.05) is 25.5 Å². The van der Waals surface area contributed by atoms with Crippen molar-refractivity contribution in [1.29, 1.82) is 0 Å². The molecular weight excluding hydrogens is 461 g/mol. The lowest BCUT2D eigenvalue weighted by Gasteiger charge is -2.20. The third-order valence-corrected chi connectivity index (χ3v) is 7.06. The number of nitrogens with zero attached hydrogens (tertiary/aromatic N) is 2. The van der Waals surface area contributed by atoms with Crippen LogP contribution in [-0.2, 0) is 30.9 Å². The molecule has 12 heteroatoms. The van der Waals surface area contributed by atoms with Gasteiger partial charge in [-0.25, -0.2) is 21.9 Å². The van der Waals surface area contributed by atoms with E-state index >= 15 is 0 Å². The van der Waals surface area contributed by atoms with E-state index in [1.54, 1.807) is 6.92 Å². The molecule has 2 aromatic rings. The number of hydrogen-bond donors (Lipinski definition) is 1. The molecule has 2 amide bonds. The third-order valence-electron chi connectivity index (χ3n) is 4.37. The van der Waals surface area contributed by atoms with Crippen LogP contribution >= 0.6 is 11.3 Å². The number of ether oxygens (including phenoxy) is 1. The van der Waals surface area contributed by atoms with Crippen LogP contribution in [0.25, 0.3) is 0 Å². The maximum absolute atomic E-state index is 14.1. The predicted octanol–water partition coefficient (Wildman–Crippen LogP) is 1.46. The lowest BCUT2D eigenvalue weighted by Crippen LogP contribution is -2.42. The van der Waals surface area contributed by atoms with Crippen LogP contribution < -0.4 is 5.32 Å². The molecule has 0 saturated carbocycles. The second-order valence-electron chi connectivity index (χ2n) is 6.77. The standard InChI is InChI=1S/C20H24FN3O6S2/c1-4-24(12-18(25)22-11-14-6-5-9-31-14)19(26)13-30-20(27)16-10-15(7-8-17(16)21)32(28,29)23(2)3/h5-10H,4,11-13H2,1-3H3,(H,22,25). The van der Waals surface area contributed by atoms with Gasteiger partial charge in [-0.05, 0) is 36.6 Å². The van der Waals surface area contributed by atoms with Crippen molar-refractivity contribution < 1.29 is 31.9 Å². The molecule has 1 aromatic heterocycles. The van der Waals surface area contributed by atoms with Gasteiger partial charge in [-0.15, -0.1) is 11.3 Å². The summed E-state index contributed by atoms with van der Waals surface area (Å²) in [6, 6.07) is 6.44. The molecule has 0 aliphatic carbocycles. The molecule has 0 aliphatic heterocycles. The first-order valence-electron chi connectivity index (χ1n) is 9.52. The fraction of sp³-hybridized carbons (Fsp3) is 0.350. The Balaban J connectivity index is 1.97. The van der Waals surface area contributed by atoms with Gasteiger partial charge >= 0.3 is 5.97 Å². The molecule has 9 nitrogen and oxygen atoms in total. The minimum absolute atomic E-state index is 0.188. The van der Waals surface area contributed by atoms with Crippen molar-refractivity contribution in [1.82, 2.24) is 14.5 Å². The second kappa shape index (κ2) is 11.2. The molecule has 0 fully saturated rings. The van der Waals surface area contributed by atoms with Crippen LogP contribution in [0.15, 0.2) is 40.6 Å². The van der Waals surface area contributed by atoms with E-state index in [4.69, 9.17) is 4.74 Å². The number of amides is 2. The number of hydrogen-bond acceptors (Lipinski definition) is 7. The Bertz CT molecular complexity index is 1070. The minimum atomic E-state index is -3.89. The summed E-state index contributed by atoms with van der Waals surface area (Å²) in [6.45, 7) is 1.22. The number of carbonyl (C=O) groups is 3. The van der Waals surface area contributed by atoms with E-state index in [0.717, 1.165) is 27.4 Å². The van der Waals surface area contributed by atoms with E-state index in [1.165, 1.54) is 30.3 Å². The molecule has 2 rings (SSSR count). The van der Waals surface area contributed by atoms with Crippen LogP contribution in [0, 0.1) is 5.82 Å². The summed E-state index contributed by atoms with van der Waals surface area (Å²) >= 11 is 1.49. The number of esters is 1. The van der Waals surface area contributed by atoms with E-state index in [0.29, 0.717) is 6.54 Å². The fourth-order valence-corrected chi connectivity index (χ4v) is 4.11. The molecule has 174 valence electrons. The topological polar surface area (TPSA) is 113 Å². The number of sulfonamides is 1. The van der Waals surface area contributed by atoms with Gasteiger partial charge in [0.25, 0.3) is 5.91 Å². The maximum Gasteiger partial charge on any atom is 0.341 e. The number of rotatable bonds is 10. The summed E-state index contributed by atoms with van der Waals surface area (Å²) in [5.41, 5.74) is -0.613. The smallest absolute Gasteiger partial charge is 0.341 e. The SMILES string of the molecule is CCN(CC(=O)NCc1cccs1)C(=O)COC(=O)c1cc(S(=O)(=O)N(C)C)ccc1F. The van der Waals surface area contributed by atoms with Crippen molar-refractivity contribution in [3.63, 3.8) is 0 Å². The van der Waals surface area contributed by atoms with Crippen LogP contribution in [0.3, 0.4) is 0 Å². The van der Waals surface area contributed by atoms with Crippen molar-refractivity contribution in [2.75, 3.05) is 33.8 Å². The van der Waals surface area contributed by atoms with Crippen LogP contribution in [0.1, 0.15) is 22.2 Å². The van der Waals surface area contributed by atoms with E-state index in [1.807, 2.05) is 17.5 Å². The highest BCUT2D eigenvalue weighted by molar-refractivity contribution is 7.89. The van der Waals surface area contributed by atoms with Gasteiger partial charge in [-0.2, -0.15) is 0 Å². The Morgan fingerprint density at radius 2 is 1.91 bits per heavy atom. The Morgan fingerprint density at radius 3 is 2.50 bits per heavy atom. The molecule has 1 aromatic carbocycles. The normalized spacial score (nSPS) is 11.3. The number of halogens is 1. The Kier molecular flexibility index (Phi) is 8.87. The molecule has 0 bridgehead atoms. The van der Waals surface area contributed by atoms with Gasteiger partial charge in [0.1, 0.15) is 5.82 Å². The Hall–Kier alpha value is -2.83. The summed E-state index contributed by atoms with van der Waals surface area (Å²) in [5, 5.41) is 4.57.